The Morgan fingerprint density at radius 3 is 2.94 bits per heavy atom. The van der Waals surface area contributed by atoms with Crippen LogP contribution in [0.3, 0.4) is 0 Å². The van der Waals surface area contributed by atoms with E-state index in [0.29, 0.717) is 13.1 Å². The fourth-order valence-corrected chi connectivity index (χ4v) is 2.07. The van der Waals surface area contributed by atoms with Gasteiger partial charge in [-0.1, -0.05) is 12.1 Å². The van der Waals surface area contributed by atoms with Crippen molar-refractivity contribution in [2.75, 3.05) is 13.1 Å². The lowest BCUT2D eigenvalue weighted by Crippen LogP contribution is -2.39. The van der Waals surface area contributed by atoms with Crippen LogP contribution in [0.1, 0.15) is 23.2 Å². The Kier molecular flexibility index (Phi) is 3.38. The molecule has 1 aromatic carbocycles. The van der Waals surface area contributed by atoms with Gasteiger partial charge < -0.3 is 4.90 Å². The minimum atomic E-state index is -0.503. The number of halogens is 1. The quantitative estimate of drug-likeness (QED) is 0.745. The van der Waals surface area contributed by atoms with Gasteiger partial charge in [0.2, 0.25) is 0 Å². The van der Waals surface area contributed by atoms with E-state index in [1.165, 1.54) is 12.1 Å². The molecular weight excluding hydrogens is 219 g/mol. The van der Waals surface area contributed by atoms with Crippen LogP contribution in [0.2, 0.25) is 0 Å². The maximum absolute atomic E-state index is 13.5. The van der Waals surface area contributed by atoms with Crippen molar-refractivity contribution in [3.05, 3.63) is 35.6 Å². The van der Waals surface area contributed by atoms with E-state index in [4.69, 9.17) is 5.26 Å². The monoisotopic (exact) mass is 232 g/mol. The van der Waals surface area contributed by atoms with Gasteiger partial charge >= 0.3 is 0 Å². The van der Waals surface area contributed by atoms with Gasteiger partial charge in [-0.05, 0) is 25.0 Å². The lowest BCUT2D eigenvalue weighted by atomic mass is 9.99. The van der Waals surface area contributed by atoms with E-state index in [0.717, 1.165) is 12.8 Å². The highest BCUT2D eigenvalue weighted by molar-refractivity contribution is 5.94. The van der Waals surface area contributed by atoms with Crippen LogP contribution in [0.5, 0.6) is 0 Å². The maximum Gasteiger partial charge on any atom is 0.256 e. The van der Waals surface area contributed by atoms with Crippen molar-refractivity contribution in [2.45, 2.75) is 12.8 Å². The van der Waals surface area contributed by atoms with Crippen molar-refractivity contribution in [2.24, 2.45) is 5.92 Å². The van der Waals surface area contributed by atoms with Crippen molar-refractivity contribution in [1.29, 1.82) is 5.26 Å². The Balaban J connectivity index is 2.16. The van der Waals surface area contributed by atoms with Gasteiger partial charge in [0.25, 0.3) is 5.91 Å². The number of benzene rings is 1. The summed E-state index contributed by atoms with van der Waals surface area (Å²) in [6.45, 7) is 1.01. The molecule has 0 N–H and O–H groups in total. The molecule has 17 heavy (non-hydrogen) atoms. The molecule has 0 spiro atoms. The fourth-order valence-electron chi connectivity index (χ4n) is 2.07. The van der Waals surface area contributed by atoms with Crippen LogP contribution >= 0.6 is 0 Å². The molecule has 3 nitrogen and oxygen atoms in total. The van der Waals surface area contributed by atoms with Gasteiger partial charge in [-0.15, -0.1) is 0 Å². The zero-order valence-corrected chi connectivity index (χ0v) is 9.40. The molecule has 1 aliphatic heterocycles. The van der Waals surface area contributed by atoms with E-state index in [1.54, 1.807) is 17.0 Å². The predicted octanol–water partition coefficient (Wildman–Crippen LogP) is 2.20. The summed E-state index contributed by atoms with van der Waals surface area (Å²) in [6, 6.07) is 8.12. The van der Waals surface area contributed by atoms with E-state index in [-0.39, 0.29) is 17.4 Å². The smallest absolute Gasteiger partial charge is 0.256 e. The zero-order valence-electron chi connectivity index (χ0n) is 9.40. The standard InChI is InChI=1S/C13H13FN2O/c14-12-6-2-1-5-11(12)13(17)16-7-3-4-10(8-15)9-16/h1-2,5-6,10H,3-4,7,9H2. The molecule has 1 heterocycles. The van der Waals surface area contributed by atoms with Crippen LogP contribution in [-0.4, -0.2) is 23.9 Å². The van der Waals surface area contributed by atoms with Crippen LogP contribution in [0, 0.1) is 23.1 Å². The number of nitriles is 1. The summed E-state index contributed by atoms with van der Waals surface area (Å²) in [5, 5.41) is 8.85. The lowest BCUT2D eigenvalue weighted by Gasteiger charge is -2.29. The number of nitrogens with zero attached hydrogens (tertiary/aromatic N) is 2. The van der Waals surface area contributed by atoms with E-state index < -0.39 is 5.82 Å². The number of hydrogen-bond donors (Lipinski definition) is 0. The van der Waals surface area contributed by atoms with Crippen LogP contribution in [0.4, 0.5) is 4.39 Å². The molecule has 0 bridgehead atoms. The molecule has 1 amide bonds. The minimum Gasteiger partial charge on any atom is -0.337 e. The van der Waals surface area contributed by atoms with Gasteiger partial charge in [-0.25, -0.2) is 4.39 Å². The molecule has 0 saturated carbocycles. The zero-order chi connectivity index (χ0) is 12.3. The topological polar surface area (TPSA) is 44.1 Å². The Labute approximate surface area is 99.5 Å². The van der Waals surface area contributed by atoms with E-state index in [2.05, 4.69) is 6.07 Å². The van der Waals surface area contributed by atoms with Gasteiger partial charge in [0.05, 0.1) is 17.6 Å². The molecule has 0 radical (unpaired) electrons. The minimum absolute atomic E-state index is 0.0890. The SMILES string of the molecule is N#CC1CCCN(C(=O)c2ccccc2F)C1. The molecule has 1 aliphatic rings. The summed E-state index contributed by atoms with van der Waals surface area (Å²) in [5.41, 5.74) is 0.0890. The van der Waals surface area contributed by atoms with Crippen LogP contribution in [0.25, 0.3) is 0 Å². The van der Waals surface area contributed by atoms with Gasteiger partial charge in [0, 0.05) is 13.1 Å². The number of hydrogen-bond acceptors (Lipinski definition) is 2. The van der Waals surface area contributed by atoms with E-state index in [1.807, 2.05) is 0 Å². The molecule has 1 fully saturated rings. The molecule has 2 rings (SSSR count). The van der Waals surface area contributed by atoms with Crippen molar-refractivity contribution < 1.29 is 9.18 Å². The third kappa shape index (κ3) is 2.44. The Bertz CT molecular complexity index is 467. The molecule has 1 unspecified atom stereocenters. The Morgan fingerprint density at radius 2 is 2.24 bits per heavy atom. The van der Waals surface area contributed by atoms with Crippen LogP contribution in [0.15, 0.2) is 24.3 Å². The van der Waals surface area contributed by atoms with Crippen LogP contribution in [-0.2, 0) is 0 Å². The molecule has 0 aromatic heterocycles. The molecule has 1 atom stereocenters. The second-order valence-corrected chi connectivity index (χ2v) is 4.20. The highest BCUT2D eigenvalue weighted by Crippen LogP contribution is 2.18. The summed E-state index contributed by atoms with van der Waals surface area (Å²) in [5.74, 6) is -0.945. The molecule has 88 valence electrons. The van der Waals surface area contributed by atoms with E-state index in [9.17, 15) is 9.18 Å². The largest absolute Gasteiger partial charge is 0.337 e. The summed E-state index contributed by atoms with van der Waals surface area (Å²) < 4.78 is 13.5. The Morgan fingerprint density at radius 1 is 1.47 bits per heavy atom. The average Bonchev–Trinajstić information content (AvgIpc) is 2.38. The molecular formula is C13H13FN2O. The molecule has 1 saturated heterocycles. The number of carbonyl (C=O) groups excluding carboxylic acids is 1. The number of likely N-dealkylation sites (tertiary alicyclic amines) is 1. The van der Waals surface area contributed by atoms with Gasteiger partial charge in [0.1, 0.15) is 5.82 Å². The number of piperidine rings is 1. The first-order chi connectivity index (χ1) is 8.22. The van der Waals surface area contributed by atoms with Gasteiger partial charge in [0.15, 0.2) is 0 Å². The number of amides is 1. The second kappa shape index (κ2) is 4.96. The molecule has 0 aliphatic carbocycles. The number of rotatable bonds is 1. The normalized spacial score (nSPS) is 19.8. The first-order valence-electron chi connectivity index (χ1n) is 5.66. The predicted molar refractivity (Wildman–Crippen MR) is 60.6 cm³/mol. The van der Waals surface area contributed by atoms with Crippen molar-refractivity contribution in [3.8, 4) is 6.07 Å². The lowest BCUT2D eigenvalue weighted by molar-refractivity contribution is 0.0694. The van der Waals surface area contributed by atoms with Gasteiger partial charge in [-0.2, -0.15) is 5.26 Å². The van der Waals surface area contributed by atoms with Gasteiger partial charge in [-0.3, -0.25) is 4.79 Å². The van der Waals surface area contributed by atoms with Crippen LogP contribution < -0.4 is 0 Å². The summed E-state index contributed by atoms with van der Waals surface area (Å²) in [6.07, 6.45) is 1.62. The Hall–Kier alpha value is -1.89. The van der Waals surface area contributed by atoms with Crippen molar-refractivity contribution in [3.63, 3.8) is 0 Å². The molecule has 4 heteroatoms. The third-order valence-electron chi connectivity index (χ3n) is 3.00. The second-order valence-electron chi connectivity index (χ2n) is 4.20. The highest BCUT2D eigenvalue weighted by atomic mass is 19.1. The highest BCUT2D eigenvalue weighted by Gasteiger charge is 2.25. The fraction of sp³-hybridized carbons (Fsp3) is 0.385. The summed E-state index contributed by atoms with van der Waals surface area (Å²) >= 11 is 0. The maximum atomic E-state index is 13.5. The third-order valence-corrected chi connectivity index (χ3v) is 3.00. The molecule has 1 aromatic rings. The summed E-state index contributed by atoms with van der Waals surface area (Å²) in [7, 11) is 0. The first kappa shape index (κ1) is 11.6. The number of carbonyl (C=O) groups is 1. The first-order valence-corrected chi connectivity index (χ1v) is 5.66. The van der Waals surface area contributed by atoms with Crippen molar-refractivity contribution in [1.82, 2.24) is 4.90 Å². The summed E-state index contributed by atoms with van der Waals surface area (Å²) in [4.78, 5) is 13.6. The average molecular weight is 232 g/mol. The van der Waals surface area contributed by atoms with Crippen molar-refractivity contribution >= 4 is 5.91 Å². The van der Waals surface area contributed by atoms with E-state index >= 15 is 0 Å².